The molecule has 0 radical (unpaired) electrons. The Morgan fingerprint density at radius 1 is 1.36 bits per heavy atom. The minimum atomic E-state index is 0.235. The van der Waals surface area contributed by atoms with Gasteiger partial charge in [-0.15, -0.1) is 0 Å². The molecule has 0 saturated carbocycles. The molecule has 0 aliphatic rings. The maximum Gasteiger partial charge on any atom is 0.164 e. The number of hydrogen-bond acceptors (Lipinski definition) is 1. The minimum absolute atomic E-state index is 0.235. The molecule has 0 atom stereocenters. The zero-order valence-corrected chi connectivity index (χ0v) is 9.12. The van der Waals surface area contributed by atoms with Crippen LogP contribution in [0.25, 0.3) is 0 Å². The van der Waals surface area contributed by atoms with Crippen LogP contribution in [0.3, 0.4) is 0 Å². The maximum atomic E-state index is 11.3. The molecule has 0 unspecified atom stereocenters. The molecule has 2 heteroatoms. The van der Waals surface area contributed by atoms with Crippen LogP contribution in [0.15, 0.2) is 18.5 Å². The van der Waals surface area contributed by atoms with Crippen LogP contribution in [0.1, 0.15) is 49.9 Å². The van der Waals surface area contributed by atoms with E-state index in [-0.39, 0.29) is 5.78 Å². The van der Waals surface area contributed by atoms with Crippen molar-refractivity contribution in [3.05, 3.63) is 24.0 Å². The Morgan fingerprint density at radius 3 is 2.79 bits per heavy atom. The standard InChI is InChI=1S/C12H19NO/c1-3-5-6-8-13-9-7-11(10-13)12(14)4-2/h7,9-10H,3-6,8H2,1-2H3. The van der Waals surface area contributed by atoms with Gasteiger partial charge < -0.3 is 4.57 Å². The molecule has 1 aromatic rings. The summed E-state index contributed by atoms with van der Waals surface area (Å²) >= 11 is 0. The summed E-state index contributed by atoms with van der Waals surface area (Å²) in [5, 5.41) is 0. The van der Waals surface area contributed by atoms with Gasteiger partial charge in [0.2, 0.25) is 0 Å². The van der Waals surface area contributed by atoms with Gasteiger partial charge in [-0.1, -0.05) is 26.7 Å². The van der Waals surface area contributed by atoms with Crippen LogP contribution in [0.5, 0.6) is 0 Å². The quantitative estimate of drug-likeness (QED) is 0.502. The SMILES string of the molecule is CCCCCn1ccc(C(=O)CC)c1. The first kappa shape index (κ1) is 11.0. The number of nitrogens with zero attached hydrogens (tertiary/aromatic N) is 1. The second kappa shape index (κ2) is 5.63. The topological polar surface area (TPSA) is 22.0 Å². The highest BCUT2D eigenvalue weighted by Crippen LogP contribution is 2.06. The second-order valence-electron chi connectivity index (χ2n) is 3.62. The number of aryl methyl sites for hydroxylation is 1. The van der Waals surface area contributed by atoms with Crippen LogP contribution < -0.4 is 0 Å². The maximum absolute atomic E-state index is 11.3. The number of carbonyl (C=O) groups excluding carboxylic acids is 1. The molecule has 0 N–H and O–H groups in total. The van der Waals surface area contributed by atoms with Gasteiger partial charge in [-0.2, -0.15) is 0 Å². The molecular formula is C12H19NO. The van der Waals surface area contributed by atoms with Crippen LogP contribution in [-0.4, -0.2) is 10.4 Å². The summed E-state index contributed by atoms with van der Waals surface area (Å²) in [4.78, 5) is 11.3. The monoisotopic (exact) mass is 193 g/mol. The first-order chi connectivity index (χ1) is 6.77. The Balaban J connectivity index is 2.46. The van der Waals surface area contributed by atoms with E-state index in [4.69, 9.17) is 0 Å². The minimum Gasteiger partial charge on any atom is -0.354 e. The molecule has 1 heterocycles. The van der Waals surface area contributed by atoms with Crippen LogP contribution in [0.2, 0.25) is 0 Å². The highest BCUT2D eigenvalue weighted by molar-refractivity contribution is 5.95. The first-order valence-corrected chi connectivity index (χ1v) is 5.47. The molecule has 0 spiro atoms. The zero-order chi connectivity index (χ0) is 10.4. The van der Waals surface area contributed by atoms with Gasteiger partial charge in [0.1, 0.15) is 0 Å². The Labute approximate surface area is 85.9 Å². The van der Waals surface area contributed by atoms with E-state index in [1.807, 2.05) is 25.4 Å². The van der Waals surface area contributed by atoms with Gasteiger partial charge in [0.15, 0.2) is 5.78 Å². The average Bonchev–Trinajstić information content (AvgIpc) is 2.66. The van der Waals surface area contributed by atoms with Gasteiger partial charge in [-0.25, -0.2) is 0 Å². The highest BCUT2D eigenvalue weighted by Gasteiger charge is 2.03. The molecule has 0 aromatic carbocycles. The summed E-state index contributed by atoms with van der Waals surface area (Å²) in [5.41, 5.74) is 0.851. The molecule has 0 saturated heterocycles. The van der Waals surface area contributed by atoms with Crippen molar-refractivity contribution in [2.24, 2.45) is 0 Å². The third-order valence-corrected chi connectivity index (χ3v) is 2.41. The summed E-state index contributed by atoms with van der Waals surface area (Å²) in [6.45, 7) is 5.13. The number of unbranched alkanes of at least 4 members (excludes halogenated alkanes) is 2. The lowest BCUT2D eigenvalue weighted by molar-refractivity contribution is 0.0988. The second-order valence-corrected chi connectivity index (χ2v) is 3.62. The lowest BCUT2D eigenvalue weighted by Gasteiger charge is -2.00. The number of hydrogen-bond donors (Lipinski definition) is 0. The van der Waals surface area contributed by atoms with E-state index >= 15 is 0 Å². The van der Waals surface area contributed by atoms with Crippen LogP contribution in [-0.2, 0) is 6.54 Å². The predicted molar refractivity (Wildman–Crippen MR) is 58.6 cm³/mol. The number of Topliss-reactive ketones (excluding diaryl/α,β-unsaturated/α-hetero) is 1. The van der Waals surface area contributed by atoms with E-state index in [1.165, 1.54) is 19.3 Å². The summed E-state index contributed by atoms with van der Waals surface area (Å²) in [6, 6.07) is 1.91. The van der Waals surface area contributed by atoms with E-state index in [2.05, 4.69) is 11.5 Å². The molecular weight excluding hydrogens is 174 g/mol. The van der Waals surface area contributed by atoms with Gasteiger partial charge >= 0.3 is 0 Å². The van der Waals surface area contributed by atoms with Crippen molar-refractivity contribution in [1.29, 1.82) is 0 Å². The normalized spacial score (nSPS) is 10.4. The summed E-state index contributed by atoms with van der Waals surface area (Å²) in [7, 11) is 0. The fraction of sp³-hybridized carbons (Fsp3) is 0.583. The van der Waals surface area contributed by atoms with E-state index < -0.39 is 0 Å². The van der Waals surface area contributed by atoms with E-state index in [0.717, 1.165) is 12.1 Å². The van der Waals surface area contributed by atoms with Crippen LogP contribution in [0, 0.1) is 0 Å². The third-order valence-electron chi connectivity index (χ3n) is 2.41. The first-order valence-electron chi connectivity index (χ1n) is 5.47. The van der Waals surface area contributed by atoms with Crippen molar-refractivity contribution in [1.82, 2.24) is 4.57 Å². The fourth-order valence-electron chi connectivity index (χ4n) is 1.49. The van der Waals surface area contributed by atoms with E-state index in [9.17, 15) is 4.79 Å². The summed E-state index contributed by atoms with van der Waals surface area (Å²) in [6.07, 6.45) is 8.25. The van der Waals surface area contributed by atoms with Crippen molar-refractivity contribution in [2.75, 3.05) is 0 Å². The summed E-state index contributed by atoms with van der Waals surface area (Å²) in [5.74, 6) is 0.235. The van der Waals surface area contributed by atoms with Gasteiger partial charge in [-0.05, 0) is 12.5 Å². The largest absolute Gasteiger partial charge is 0.354 e. The molecule has 78 valence electrons. The van der Waals surface area contributed by atoms with Gasteiger partial charge in [-0.3, -0.25) is 4.79 Å². The zero-order valence-electron chi connectivity index (χ0n) is 9.12. The van der Waals surface area contributed by atoms with E-state index in [0.29, 0.717) is 6.42 Å². The molecule has 1 aromatic heterocycles. The molecule has 1 rings (SSSR count). The number of aromatic nitrogens is 1. The fourth-order valence-corrected chi connectivity index (χ4v) is 1.49. The van der Waals surface area contributed by atoms with Crippen LogP contribution in [0.4, 0.5) is 0 Å². The molecule has 0 aliphatic heterocycles. The van der Waals surface area contributed by atoms with Crippen molar-refractivity contribution >= 4 is 5.78 Å². The van der Waals surface area contributed by atoms with Crippen molar-refractivity contribution in [3.63, 3.8) is 0 Å². The molecule has 2 nitrogen and oxygen atoms in total. The lowest BCUT2D eigenvalue weighted by Crippen LogP contribution is -1.96. The van der Waals surface area contributed by atoms with Crippen molar-refractivity contribution in [2.45, 2.75) is 46.1 Å². The molecule has 0 fully saturated rings. The predicted octanol–water partition coefficient (Wildman–Crippen LogP) is 3.27. The Bertz CT molecular complexity index is 288. The number of rotatable bonds is 6. The summed E-state index contributed by atoms with van der Waals surface area (Å²) < 4.78 is 2.11. The van der Waals surface area contributed by atoms with Gasteiger partial charge in [0, 0.05) is 30.9 Å². The number of carbonyl (C=O) groups is 1. The number of ketones is 1. The lowest BCUT2D eigenvalue weighted by atomic mass is 10.2. The van der Waals surface area contributed by atoms with Gasteiger partial charge in [0.05, 0.1) is 0 Å². The Hall–Kier alpha value is -1.05. The average molecular weight is 193 g/mol. The molecule has 14 heavy (non-hydrogen) atoms. The smallest absolute Gasteiger partial charge is 0.164 e. The Morgan fingerprint density at radius 2 is 2.14 bits per heavy atom. The third kappa shape index (κ3) is 3.02. The molecule has 0 amide bonds. The molecule has 0 aliphatic carbocycles. The Kier molecular flexibility index (Phi) is 4.44. The van der Waals surface area contributed by atoms with Gasteiger partial charge in [0.25, 0.3) is 0 Å². The molecule has 0 bridgehead atoms. The van der Waals surface area contributed by atoms with Crippen molar-refractivity contribution in [3.8, 4) is 0 Å². The van der Waals surface area contributed by atoms with Crippen LogP contribution >= 0.6 is 0 Å². The van der Waals surface area contributed by atoms with E-state index in [1.54, 1.807) is 0 Å². The van der Waals surface area contributed by atoms with Crippen molar-refractivity contribution < 1.29 is 4.79 Å². The highest BCUT2D eigenvalue weighted by atomic mass is 16.1.